The van der Waals surface area contributed by atoms with Crippen molar-refractivity contribution in [2.24, 2.45) is 0 Å². The first-order valence-corrected chi connectivity index (χ1v) is 11.6. The summed E-state index contributed by atoms with van der Waals surface area (Å²) in [5.41, 5.74) is -0.932. The fraction of sp³-hybridized carbons (Fsp3) is 0.450. The summed E-state index contributed by atoms with van der Waals surface area (Å²) in [5.74, 6) is 0.627. The number of hydrogen-bond acceptors (Lipinski definition) is 9. The van der Waals surface area contributed by atoms with E-state index in [4.69, 9.17) is 4.74 Å². The number of hydrogen-bond donors (Lipinski definition) is 3. The van der Waals surface area contributed by atoms with Crippen molar-refractivity contribution < 1.29 is 22.7 Å². The highest BCUT2D eigenvalue weighted by Gasteiger charge is 2.31. The number of anilines is 3. The average molecular weight is 499 g/mol. The maximum Gasteiger partial charge on any atom is 0.416 e. The average Bonchev–Trinajstić information content (AvgIpc) is 3.20. The zero-order valence-corrected chi connectivity index (χ0v) is 19.7. The number of ether oxygens (including phenoxy) is 1. The number of halogens is 3. The molecule has 0 aliphatic heterocycles. The van der Waals surface area contributed by atoms with E-state index >= 15 is 0 Å². The maximum atomic E-state index is 13.2. The highest BCUT2D eigenvalue weighted by molar-refractivity contribution is 7.99. The highest BCUT2D eigenvalue weighted by atomic mass is 32.2. The molecule has 2 aromatic heterocycles. The summed E-state index contributed by atoms with van der Waals surface area (Å²) in [6.45, 7) is 7.19. The lowest BCUT2D eigenvalue weighted by atomic mass is 10.1. The van der Waals surface area contributed by atoms with Gasteiger partial charge in [0.25, 0.3) is 5.78 Å². The normalized spacial score (nSPS) is 11.5. The van der Waals surface area contributed by atoms with Gasteiger partial charge < -0.3 is 20.7 Å². The monoisotopic (exact) mass is 498 g/mol. The van der Waals surface area contributed by atoms with E-state index in [1.165, 1.54) is 6.07 Å². The number of carbonyl (C=O) groups is 1. The molecule has 0 aliphatic rings. The van der Waals surface area contributed by atoms with Gasteiger partial charge in [-0.1, -0.05) is 18.7 Å². The predicted molar refractivity (Wildman–Crippen MR) is 123 cm³/mol. The Labute approximate surface area is 198 Å². The van der Waals surface area contributed by atoms with Crippen LogP contribution in [0.1, 0.15) is 32.8 Å². The standard InChI is InChI=1S/C20H25F3N8O2S/c1-4-9-33-14-8-7-12(20(21,22)23)10-13(14)26-15(32)11-34-19-30-29-18-28-16(24-5-2)27-17(25-6-3)31(18)19/h7-8,10H,4-6,9,11H2,1-3H3,(H,26,32)(H2,24,25,27,28,29). The first-order chi connectivity index (χ1) is 16.3. The third kappa shape index (κ3) is 6.18. The molecule has 10 nitrogen and oxygen atoms in total. The molecule has 0 bridgehead atoms. The minimum atomic E-state index is -4.55. The van der Waals surface area contributed by atoms with Crippen LogP contribution in [0, 0.1) is 0 Å². The second-order valence-corrected chi connectivity index (χ2v) is 7.89. The third-order valence-electron chi connectivity index (χ3n) is 4.29. The number of amides is 1. The minimum Gasteiger partial charge on any atom is -0.491 e. The van der Waals surface area contributed by atoms with Gasteiger partial charge in [-0.25, -0.2) is 4.40 Å². The lowest BCUT2D eigenvalue weighted by molar-refractivity contribution is -0.137. The van der Waals surface area contributed by atoms with Crippen molar-refractivity contribution in [3.8, 4) is 5.75 Å². The van der Waals surface area contributed by atoms with E-state index in [-0.39, 0.29) is 23.0 Å². The zero-order valence-electron chi connectivity index (χ0n) is 18.9. The molecule has 14 heteroatoms. The van der Waals surface area contributed by atoms with E-state index in [9.17, 15) is 18.0 Å². The number of nitrogens with zero attached hydrogens (tertiary/aromatic N) is 5. The fourth-order valence-corrected chi connectivity index (χ4v) is 3.58. The molecule has 0 aliphatic carbocycles. The Morgan fingerprint density at radius 1 is 1.12 bits per heavy atom. The number of nitrogens with one attached hydrogen (secondary N) is 3. The topological polar surface area (TPSA) is 118 Å². The van der Waals surface area contributed by atoms with Crippen LogP contribution in [0.25, 0.3) is 5.78 Å². The zero-order chi connectivity index (χ0) is 24.7. The van der Waals surface area contributed by atoms with Crippen molar-refractivity contribution >= 4 is 41.0 Å². The second kappa shape index (κ2) is 11.2. The van der Waals surface area contributed by atoms with Gasteiger partial charge in [0.1, 0.15) is 5.75 Å². The lowest BCUT2D eigenvalue weighted by Gasteiger charge is -2.15. The molecule has 0 unspecified atom stereocenters. The third-order valence-corrected chi connectivity index (χ3v) is 5.22. The van der Waals surface area contributed by atoms with Crippen LogP contribution in [-0.4, -0.2) is 55.9 Å². The molecule has 34 heavy (non-hydrogen) atoms. The molecule has 0 saturated carbocycles. The molecule has 0 fully saturated rings. The summed E-state index contributed by atoms with van der Waals surface area (Å²) in [5, 5.41) is 17.1. The first-order valence-electron chi connectivity index (χ1n) is 10.6. The Balaban J connectivity index is 1.78. The summed E-state index contributed by atoms with van der Waals surface area (Å²) in [4.78, 5) is 21.3. The van der Waals surface area contributed by atoms with Gasteiger partial charge in [0, 0.05) is 13.1 Å². The van der Waals surface area contributed by atoms with Gasteiger partial charge in [0.05, 0.1) is 23.6 Å². The van der Waals surface area contributed by atoms with Gasteiger partial charge in [0.15, 0.2) is 5.16 Å². The van der Waals surface area contributed by atoms with E-state index in [2.05, 4.69) is 36.1 Å². The van der Waals surface area contributed by atoms with Gasteiger partial charge in [-0.15, -0.1) is 10.2 Å². The van der Waals surface area contributed by atoms with Crippen molar-refractivity contribution in [2.45, 2.75) is 38.5 Å². The van der Waals surface area contributed by atoms with Crippen molar-refractivity contribution in [1.29, 1.82) is 0 Å². The van der Waals surface area contributed by atoms with Crippen LogP contribution in [0.4, 0.5) is 30.8 Å². The Morgan fingerprint density at radius 3 is 2.56 bits per heavy atom. The van der Waals surface area contributed by atoms with E-state index in [1.807, 2.05) is 20.8 Å². The number of thioether (sulfide) groups is 1. The molecule has 0 saturated heterocycles. The van der Waals surface area contributed by atoms with Crippen LogP contribution in [0.15, 0.2) is 23.4 Å². The van der Waals surface area contributed by atoms with Gasteiger partial charge in [-0.2, -0.15) is 23.1 Å². The Morgan fingerprint density at radius 2 is 1.88 bits per heavy atom. The molecule has 3 aromatic rings. The molecule has 0 radical (unpaired) electrons. The van der Waals surface area contributed by atoms with Crippen LogP contribution in [0.5, 0.6) is 5.75 Å². The number of aromatic nitrogens is 5. The number of carbonyl (C=O) groups excluding carboxylic acids is 1. The predicted octanol–water partition coefficient (Wildman–Crippen LogP) is 3.92. The Bertz CT molecular complexity index is 1140. The SMILES string of the molecule is CCCOc1ccc(C(F)(F)F)cc1NC(=O)CSc1nnc2nc(NCC)nc(NCC)n12. The van der Waals surface area contributed by atoms with Gasteiger partial charge in [0.2, 0.25) is 17.8 Å². The first kappa shape index (κ1) is 25.3. The van der Waals surface area contributed by atoms with Gasteiger partial charge in [-0.3, -0.25) is 4.79 Å². The molecule has 3 N–H and O–H groups in total. The molecular weight excluding hydrogens is 473 g/mol. The number of rotatable bonds is 11. The molecule has 1 aromatic carbocycles. The van der Waals surface area contributed by atoms with Crippen LogP contribution < -0.4 is 20.7 Å². The highest BCUT2D eigenvalue weighted by Crippen LogP contribution is 2.35. The number of benzene rings is 1. The van der Waals surface area contributed by atoms with E-state index in [1.54, 1.807) is 4.40 Å². The summed E-state index contributed by atoms with van der Waals surface area (Å²) in [6, 6.07) is 2.98. The molecule has 2 heterocycles. The molecule has 0 atom stereocenters. The smallest absolute Gasteiger partial charge is 0.416 e. The quantitative estimate of drug-likeness (QED) is 0.338. The van der Waals surface area contributed by atoms with E-state index in [0.29, 0.717) is 43.2 Å². The fourth-order valence-electron chi connectivity index (χ4n) is 2.86. The Hall–Kier alpha value is -3.29. The Kier molecular flexibility index (Phi) is 8.36. The van der Waals surface area contributed by atoms with Gasteiger partial charge in [-0.05, 0) is 38.5 Å². The van der Waals surface area contributed by atoms with Crippen LogP contribution >= 0.6 is 11.8 Å². The summed E-state index contributed by atoms with van der Waals surface area (Å²) in [6.07, 6.45) is -3.89. The molecule has 184 valence electrons. The van der Waals surface area contributed by atoms with Crippen LogP contribution in [0.3, 0.4) is 0 Å². The molecule has 1 amide bonds. The van der Waals surface area contributed by atoms with E-state index < -0.39 is 17.6 Å². The lowest BCUT2D eigenvalue weighted by Crippen LogP contribution is -2.17. The van der Waals surface area contributed by atoms with Crippen LogP contribution in [0.2, 0.25) is 0 Å². The van der Waals surface area contributed by atoms with E-state index in [0.717, 1.165) is 23.9 Å². The van der Waals surface area contributed by atoms with Crippen molar-refractivity contribution in [3.05, 3.63) is 23.8 Å². The van der Waals surface area contributed by atoms with Crippen molar-refractivity contribution in [1.82, 2.24) is 24.6 Å². The van der Waals surface area contributed by atoms with Crippen molar-refractivity contribution in [2.75, 3.05) is 41.4 Å². The maximum absolute atomic E-state index is 13.2. The number of fused-ring (bicyclic) bond motifs is 1. The summed E-state index contributed by atoms with van der Waals surface area (Å²) < 4.78 is 46.5. The number of alkyl halides is 3. The molecular formula is C20H25F3N8O2S. The molecule has 0 spiro atoms. The molecule has 3 rings (SSSR count). The van der Waals surface area contributed by atoms with Crippen molar-refractivity contribution in [3.63, 3.8) is 0 Å². The van der Waals surface area contributed by atoms with Crippen LogP contribution in [-0.2, 0) is 11.0 Å². The van der Waals surface area contributed by atoms with Gasteiger partial charge >= 0.3 is 6.18 Å². The second-order valence-electron chi connectivity index (χ2n) is 6.94. The minimum absolute atomic E-state index is 0.0491. The summed E-state index contributed by atoms with van der Waals surface area (Å²) in [7, 11) is 0. The summed E-state index contributed by atoms with van der Waals surface area (Å²) >= 11 is 1.05. The largest absolute Gasteiger partial charge is 0.491 e.